The standard InChI is InChI=1S/C15H21NO3/c17-13-8-6-10-11(15(13)19)5-7-12(14(10)18)16-9-3-1-2-4-9/h6,8-9,12,14,16-19H,1-5,7H2/t12-,14-/m0/s1. The number of rotatable bonds is 2. The van der Waals surface area contributed by atoms with Gasteiger partial charge in [-0.05, 0) is 37.3 Å². The average molecular weight is 263 g/mol. The summed E-state index contributed by atoms with van der Waals surface area (Å²) in [5.74, 6) is -0.177. The topological polar surface area (TPSA) is 72.7 Å². The second kappa shape index (κ2) is 5.02. The molecule has 4 nitrogen and oxygen atoms in total. The molecule has 0 bridgehead atoms. The first-order valence-corrected chi connectivity index (χ1v) is 7.14. The Hall–Kier alpha value is -1.26. The molecule has 4 heteroatoms. The zero-order valence-corrected chi connectivity index (χ0v) is 11.0. The number of benzene rings is 1. The van der Waals surface area contributed by atoms with Gasteiger partial charge in [0, 0.05) is 17.6 Å². The van der Waals surface area contributed by atoms with Gasteiger partial charge in [-0.3, -0.25) is 0 Å². The highest BCUT2D eigenvalue weighted by molar-refractivity contribution is 5.51. The normalized spacial score (nSPS) is 27.4. The van der Waals surface area contributed by atoms with Gasteiger partial charge in [0.25, 0.3) is 0 Å². The van der Waals surface area contributed by atoms with Crippen LogP contribution in [0.1, 0.15) is 49.3 Å². The first kappa shape index (κ1) is 12.8. The maximum absolute atomic E-state index is 10.4. The van der Waals surface area contributed by atoms with Crippen LogP contribution in [-0.2, 0) is 6.42 Å². The van der Waals surface area contributed by atoms with Crippen molar-refractivity contribution in [3.63, 3.8) is 0 Å². The molecule has 0 amide bonds. The number of fused-ring (bicyclic) bond motifs is 1. The van der Waals surface area contributed by atoms with Crippen molar-refractivity contribution in [3.05, 3.63) is 23.3 Å². The Balaban J connectivity index is 1.79. The molecule has 0 saturated heterocycles. The minimum Gasteiger partial charge on any atom is -0.504 e. The third-order valence-electron chi connectivity index (χ3n) is 4.51. The fourth-order valence-electron chi connectivity index (χ4n) is 3.42. The van der Waals surface area contributed by atoms with Crippen LogP contribution in [0.5, 0.6) is 11.5 Å². The van der Waals surface area contributed by atoms with Gasteiger partial charge >= 0.3 is 0 Å². The van der Waals surface area contributed by atoms with Crippen molar-refractivity contribution in [1.82, 2.24) is 5.32 Å². The number of hydrogen-bond acceptors (Lipinski definition) is 4. The lowest BCUT2D eigenvalue weighted by atomic mass is 9.84. The second-order valence-corrected chi connectivity index (χ2v) is 5.74. The van der Waals surface area contributed by atoms with Gasteiger partial charge in [-0.15, -0.1) is 0 Å². The predicted molar refractivity (Wildman–Crippen MR) is 72.2 cm³/mol. The summed E-state index contributed by atoms with van der Waals surface area (Å²) in [6.45, 7) is 0. The van der Waals surface area contributed by atoms with E-state index in [9.17, 15) is 15.3 Å². The minimum absolute atomic E-state index is 0.0551. The summed E-state index contributed by atoms with van der Waals surface area (Å²) in [5, 5.41) is 33.4. The van der Waals surface area contributed by atoms with Gasteiger partial charge in [0.15, 0.2) is 11.5 Å². The first-order valence-electron chi connectivity index (χ1n) is 7.14. The van der Waals surface area contributed by atoms with Crippen molar-refractivity contribution >= 4 is 0 Å². The van der Waals surface area contributed by atoms with Crippen molar-refractivity contribution in [2.24, 2.45) is 0 Å². The number of aliphatic hydroxyl groups excluding tert-OH is 1. The highest BCUT2D eigenvalue weighted by Gasteiger charge is 2.32. The summed E-state index contributed by atoms with van der Waals surface area (Å²) in [7, 11) is 0. The largest absolute Gasteiger partial charge is 0.504 e. The molecule has 0 aliphatic heterocycles. The lowest BCUT2D eigenvalue weighted by Gasteiger charge is -2.33. The lowest BCUT2D eigenvalue weighted by Crippen LogP contribution is -2.43. The summed E-state index contributed by atoms with van der Waals surface area (Å²) in [5.41, 5.74) is 1.44. The molecule has 1 aromatic carbocycles. The smallest absolute Gasteiger partial charge is 0.161 e. The zero-order chi connectivity index (χ0) is 13.4. The number of hydrogen-bond donors (Lipinski definition) is 4. The molecule has 0 radical (unpaired) electrons. The number of aliphatic hydroxyl groups is 1. The van der Waals surface area contributed by atoms with Crippen LogP contribution in [0, 0.1) is 0 Å². The van der Waals surface area contributed by atoms with Gasteiger partial charge in [-0.2, -0.15) is 0 Å². The van der Waals surface area contributed by atoms with E-state index in [4.69, 9.17) is 0 Å². The lowest BCUT2D eigenvalue weighted by molar-refractivity contribution is 0.107. The van der Waals surface area contributed by atoms with Crippen LogP contribution in [0.4, 0.5) is 0 Å². The summed E-state index contributed by atoms with van der Waals surface area (Å²) in [6, 6.07) is 3.75. The third-order valence-corrected chi connectivity index (χ3v) is 4.51. The van der Waals surface area contributed by atoms with E-state index in [1.54, 1.807) is 6.07 Å². The third kappa shape index (κ3) is 2.30. The number of nitrogens with one attached hydrogen (secondary N) is 1. The van der Waals surface area contributed by atoms with Crippen LogP contribution in [0.2, 0.25) is 0 Å². The Kier molecular flexibility index (Phi) is 3.37. The van der Waals surface area contributed by atoms with Crippen molar-refractivity contribution in [2.75, 3.05) is 0 Å². The summed E-state index contributed by atoms with van der Waals surface area (Å²) in [4.78, 5) is 0. The van der Waals surface area contributed by atoms with Crippen LogP contribution in [0.15, 0.2) is 12.1 Å². The van der Waals surface area contributed by atoms with Crippen LogP contribution in [-0.4, -0.2) is 27.4 Å². The number of phenols is 2. The van der Waals surface area contributed by atoms with Crippen LogP contribution < -0.4 is 5.32 Å². The molecular weight excluding hydrogens is 242 g/mol. The Morgan fingerprint density at radius 1 is 1.05 bits per heavy atom. The molecular formula is C15H21NO3. The van der Waals surface area contributed by atoms with Gasteiger partial charge in [-0.1, -0.05) is 18.9 Å². The predicted octanol–water partition coefficient (Wildman–Crippen LogP) is 1.98. The highest BCUT2D eigenvalue weighted by Crippen LogP contribution is 2.40. The van der Waals surface area contributed by atoms with E-state index < -0.39 is 6.10 Å². The van der Waals surface area contributed by atoms with Gasteiger partial charge in [0.2, 0.25) is 0 Å². The van der Waals surface area contributed by atoms with E-state index in [0.717, 1.165) is 12.0 Å². The van der Waals surface area contributed by atoms with E-state index in [1.165, 1.54) is 31.7 Å². The SMILES string of the molecule is Oc1ccc2c(c1O)CC[C@H](NC1CCCC1)[C@H]2O. The van der Waals surface area contributed by atoms with Crippen LogP contribution >= 0.6 is 0 Å². The molecule has 104 valence electrons. The van der Waals surface area contributed by atoms with Crippen LogP contribution in [0.25, 0.3) is 0 Å². The fraction of sp³-hybridized carbons (Fsp3) is 0.600. The molecule has 2 atom stereocenters. The second-order valence-electron chi connectivity index (χ2n) is 5.74. The van der Waals surface area contributed by atoms with E-state index >= 15 is 0 Å². The summed E-state index contributed by atoms with van der Waals surface area (Å²) < 4.78 is 0. The number of aromatic hydroxyl groups is 2. The Morgan fingerprint density at radius 3 is 2.53 bits per heavy atom. The zero-order valence-electron chi connectivity index (χ0n) is 11.0. The molecule has 1 fully saturated rings. The highest BCUT2D eigenvalue weighted by atomic mass is 16.3. The molecule has 0 spiro atoms. The molecule has 1 saturated carbocycles. The maximum atomic E-state index is 10.4. The Morgan fingerprint density at radius 2 is 1.79 bits per heavy atom. The fourth-order valence-corrected chi connectivity index (χ4v) is 3.42. The van der Waals surface area contributed by atoms with Crippen molar-refractivity contribution in [1.29, 1.82) is 0 Å². The molecule has 0 aromatic heterocycles. The Labute approximate surface area is 113 Å². The molecule has 19 heavy (non-hydrogen) atoms. The molecule has 3 rings (SSSR count). The van der Waals surface area contributed by atoms with Crippen molar-refractivity contribution in [3.8, 4) is 11.5 Å². The van der Waals surface area contributed by atoms with Gasteiger partial charge in [0.1, 0.15) is 0 Å². The average Bonchev–Trinajstić information content (AvgIpc) is 2.90. The Bertz CT molecular complexity index is 469. The molecule has 2 aliphatic rings. The van der Waals surface area contributed by atoms with Gasteiger partial charge in [0.05, 0.1) is 6.10 Å². The molecule has 0 heterocycles. The van der Waals surface area contributed by atoms with Crippen molar-refractivity contribution < 1.29 is 15.3 Å². The van der Waals surface area contributed by atoms with E-state index in [1.807, 2.05) is 0 Å². The van der Waals surface area contributed by atoms with E-state index in [-0.39, 0.29) is 17.5 Å². The number of phenolic OH excluding ortho intramolecular Hbond substituents is 2. The molecule has 4 N–H and O–H groups in total. The first-order chi connectivity index (χ1) is 9.16. The van der Waals surface area contributed by atoms with Gasteiger partial charge < -0.3 is 20.6 Å². The summed E-state index contributed by atoms with van der Waals surface area (Å²) in [6.07, 6.45) is 5.81. The van der Waals surface area contributed by atoms with Gasteiger partial charge in [-0.25, -0.2) is 0 Å². The van der Waals surface area contributed by atoms with Crippen molar-refractivity contribution in [2.45, 2.75) is 56.7 Å². The van der Waals surface area contributed by atoms with Crippen LogP contribution in [0.3, 0.4) is 0 Å². The monoisotopic (exact) mass is 263 g/mol. The molecule has 0 unspecified atom stereocenters. The quantitative estimate of drug-likeness (QED) is 0.616. The van der Waals surface area contributed by atoms with E-state index in [2.05, 4.69) is 5.32 Å². The van der Waals surface area contributed by atoms with E-state index in [0.29, 0.717) is 18.0 Å². The maximum Gasteiger partial charge on any atom is 0.161 e. The molecule has 2 aliphatic carbocycles. The summed E-state index contributed by atoms with van der Waals surface area (Å²) >= 11 is 0. The minimum atomic E-state index is -0.601. The molecule has 1 aromatic rings.